The second-order valence-corrected chi connectivity index (χ2v) is 7.27. The Morgan fingerprint density at radius 1 is 1.20 bits per heavy atom. The summed E-state index contributed by atoms with van der Waals surface area (Å²) in [6.45, 7) is 4.28. The number of hydrogen-bond donors (Lipinski definition) is 1. The first kappa shape index (κ1) is 21.4. The fourth-order valence-corrected chi connectivity index (χ4v) is 3.49. The van der Waals surface area contributed by atoms with Crippen molar-refractivity contribution in [3.63, 3.8) is 0 Å². The normalized spacial score (nSPS) is 15.5. The van der Waals surface area contributed by atoms with Crippen molar-refractivity contribution in [2.45, 2.75) is 58.4 Å². The molecule has 0 amide bonds. The number of anilines is 1. The zero-order valence-electron chi connectivity index (χ0n) is 17.2. The second kappa shape index (κ2) is 9.95. The van der Waals surface area contributed by atoms with Crippen molar-refractivity contribution in [1.29, 1.82) is 0 Å². The van der Waals surface area contributed by atoms with Gasteiger partial charge in [0.15, 0.2) is 0 Å². The Labute approximate surface area is 174 Å². The number of non-ortho nitro benzene ring substituents is 1. The molecular weight excluding hydrogens is 388 g/mol. The predicted molar refractivity (Wildman–Crippen MR) is 110 cm³/mol. The molecular formula is C20H26N6O4. The molecule has 1 atom stereocenters. The van der Waals surface area contributed by atoms with Gasteiger partial charge in [-0.1, -0.05) is 44.1 Å². The fraction of sp³-hybridized carbons (Fsp3) is 0.500. The maximum Gasteiger partial charge on any atom is 0.338 e. The summed E-state index contributed by atoms with van der Waals surface area (Å²) in [6.07, 6.45) is 6.58. The lowest BCUT2D eigenvalue weighted by atomic mass is 9.95. The van der Waals surface area contributed by atoms with Crippen LogP contribution in [0.4, 0.5) is 11.6 Å². The number of benzene rings is 1. The standard InChI is InChI=1S/C20H26N6O4/c1-3-4-5-6-7-8-13-30-19(27)17-14(2)21-20-22-23-24-25(20)18(17)15-9-11-16(12-10-15)26(28)29/h9-12,18H,3-8,13H2,1-2H3,(H,21,22,24)/t18-/m0/s1. The Morgan fingerprint density at radius 2 is 1.90 bits per heavy atom. The van der Waals surface area contributed by atoms with Crippen LogP contribution in [0.2, 0.25) is 0 Å². The predicted octanol–water partition coefficient (Wildman–Crippen LogP) is 3.77. The van der Waals surface area contributed by atoms with Crippen molar-refractivity contribution in [2.24, 2.45) is 0 Å². The molecule has 1 aromatic heterocycles. The van der Waals surface area contributed by atoms with Gasteiger partial charge < -0.3 is 10.1 Å². The molecule has 10 heteroatoms. The molecule has 1 aliphatic heterocycles. The van der Waals surface area contributed by atoms with Crippen LogP contribution in [0.25, 0.3) is 0 Å². The summed E-state index contributed by atoms with van der Waals surface area (Å²) in [4.78, 5) is 23.4. The Hall–Kier alpha value is -3.30. The molecule has 0 bridgehead atoms. The zero-order valence-corrected chi connectivity index (χ0v) is 17.2. The van der Waals surface area contributed by atoms with Gasteiger partial charge >= 0.3 is 5.97 Å². The highest BCUT2D eigenvalue weighted by atomic mass is 16.6. The van der Waals surface area contributed by atoms with Crippen molar-refractivity contribution in [2.75, 3.05) is 11.9 Å². The number of esters is 1. The van der Waals surface area contributed by atoms with Crippen LogP contribution >= 0.6 is 0 Å². The minimum Gasteiger partial charge on any atom is -0.462 e. The number of tetrazole rings is 1. The lowest BCUT2D eigenvalue weighted by molar-refractivity contribution is -0.384. The molecule has 0 aliphatic carbocycles. The number of nitrogens with zero attached hydrogens (tertiary/aromatic N) is 5. The summed E-state index contributed by atoms with van der Waals surface area (Å²) in [5.74, 6) is -0.0543. The number of nitro groups is 1. The molecule has 3 rings (SSSR count). The van der Waals surface area contributed by atoms with Crippen LogP contribution < -0.4 is 5.32 Å². The molecule has 1 aliphatic rings. The number of nitro benzene ring substituents is 1. The number of nitrogens with one attached hydrogen (secondary N) is 1. The molecule has 160 valence electrons. The second-order valence-electron chi connectivity index (χ2n) is 7.27. The number of unbranched alkanes of at least 4 members (excludes halogenated alkanes) is 5. The van der Waals surface area contributed by atoms with Crippen molar-refractivity contribution in [3.05, 3.63) is 51.2 Å². The summed E-state index contributed by atoms with van der Waals surface area (Å²) in [5, 5.41) is 25.6. The molecule has 30 heavy (non-hydrogen) atoms. The smallest absolute Gasteiger partial charge is 0.338 e. The monoisotopic (exact) mass is 414 g/mol. The van der Waals surface area contributed by atoms with Gasteiger partial charge in [-0.3, -0.25) is 10.1 Å². The van der Waals surface area contributed by atoms with E-state index in [4.69, 9.17) is 4.74 Å². The number of aromatic nitrogens is 4. The Morgan fingerprint density at radius 3 is 2.60 bits per heavy atom. The molecule has 1 aromatic carbocycles. The highest BCUT2D eigenvalue weighted by molar-refractivity contribution is 5.92. The topological polar surface area (TPSA) is 125 Å². The molecule has 0 spiro atoms. The number of fused-ring (bicyclic) bond motifs is 1. The average Bonchev–Trinajstić information content (AvgIpc) is 3.20. The SMILES string of the molecule is CCCCCCCCOC(=O)C1=C(C)Nc2nnnn2[C@H]1c1ccc([N+](=O)[O-])cc1. The fourth-order valence-electron chi connectivity index (χ4n) is 3.49. The van der Waals surface area contributed by atoms with Crippen LogP contribution in [0.15, 0.2) is 35.5 Å². The number of carbonyl (C=O) groups is 1. The van der Waals surface area contributed by atoms with E-state index < -0.39 is 16.9 Å². The van der Waals surface area contributed by atoms with Crippen LogP contribution in [0.1, 0.15) is 64.0 Å². The number of hydrogen-bond acceptors (Lipinski definition) is 8. The van der Waals surface area contributed by atoms with Crippen molar-refractivity contribution < 1.29 is 14.5 Å². The van der Waals surface area contributed by atoms with Crippen molar-refractivity contribution in [3.8, 4) is 0 Å². The van der Waals surface area contributed by atoms with Crippen LogP contribution in [0.5, 0.6) is 0 Å². The number of rotatable bonds is 10. The number of ether oxygens (including phenoxy) is 1. The maximum absolute atomic E-state index is 12.9. The molecule has 10 nitrogen and oxygen atoms in total. The molecule has 0 unspecified atom stereocenters. The lowest BCUT2D eigenvalue weighted by Crippen LogP contribution is -2.29. The van der Waals surface area contributed by atoms with Gasteiger partial charge in [0.25, 0.3) is 5.69 Å². The minimum atomic E-state index is -0.630. The maximum atomic E-state index is 12.9. The molecule has 0 saturated heterocycles. The average molecular weight is 414 g/mol. The third kappa shape index (κ3) is 4.81. The van der Waals surface area contributed by atoms with E-state index in [-0.39, 0.29) is 5.69 Å². The Kier molecular flexibility index (Phi) is 7.10. The third-order valence-corrected chi connectivity index (χ3v) is 5.08. The van der Waals surface area contributed by atoms with Crippen LogP contribution in [-0.4, -0.2) is 37.7 Å². The van der Waals surface area contributed by atoms with Crippen LogP contribution in [0, 0.1) is 10.1 Å². The third-order valence-electron chi connectivity index (χ3n) is 5.08. The molecule has 0 fully saturated rings. The summed E-state index contributed by atoms with van der Waals surface area (Å²) in [7, 11) is 0. The van der Waals surface area contributed by atoms with Gasteiger partial charge in [-0.2, -0.15) is 4.68 Å². The van der Waals surface area contributed by atoms with Gasteiger partial charge in [-0.05, 0) is 41.5 Å². The van der Waals surface area contributed by atoms with E-state index in [9.17, 15) is 14.9 Å². The quantitative estimate of drug-likeness (QED) is 0.269. The highest BCUT2D eigenvalue weighted by Crippen LogP contribution is 2.35. The van der Waals surface area contributed by atoms with Crippen LogP contribution in [-0.2, 0) is 9.53 Å². The molecule has 0 saturated carbocycles. The van der Waals surface area contributed by atoms with E-state index in [0.717, 1.165) is 19.3 Å². The molecule has 2 aromatic rings. The summed E-state index contributed by atoms with van der Waals surface area (Å²) in [5.41, 5.74) is 1.60. The molecule has 2 heterocycles. The summed E-state index contributed by atoms with van der Waals surface area (Å²) >= 11 is 0. The Balaban J connectivity index is 1.75. The van der Waals surface area contributed by atoms with E-state index >= 15 is 0 Å². The van der Waals surface area contributed by atoms with Gasteiger partial charge in [-0.15, -0.1) is 0 Å². The Bertz CT molecular complexity index is 922. The van der Waals surface area contributed by atoms with Gasteiger partial charge in [0, 0.05) is 17.8 Å². The molecule has 0 radical (unpaired) electrons. The van der Waals surface area contributed by atoms with Gasteiger partial charge in [0.05, 0.1) is 17.1 Å². The van der Waals surface area contributed by atoms with Crippen molar-refractivity contribution >= 4 is 17.6 Å². The van der Waals surface area contributed by atoms with Crippen molar-refractivity contribution in [1.82, 2.24) is 20.2 Å². The van der Waals surface area contributed by atoms with E-state index in [2.05, 4.69) is 27.8 Å². The minimum absolute atomic E-state index is 0.0301. The van der Waals surface area contributed by atoms with Gasteiger partial charge in [0.1, 0.15) is 6.04 Å². The van der Waals surface area contributed by atoms with E-state index in [1.165, 1.54) is 36.1 Å². The lowest BCUT2D eigenvalue weighted by Gasteiger charge is -2.27. The van der Waals surface area contributed by atoms with E-state index in [0.29, 0.717) is 29.4 Å². The van der Waals surface area contributed by atoms with Gasteiger partial charge in [-0.25, -0.2) is 4.79 Å². The van der Waals surface area contributed by atoms with E-state index in [1.54, 1.807) is 19.1 Å². The highest BCUT2D eigenvalue weighted by Gasteiger charge is 2.35. The van der Waals surface area contributed by atoms with Gasteiger partial charge in [0.2, 0.25) is 5.95 Å². The largest absolute Gasteiger partial charge is 0.462 e. The van der Waals surface area contributed by atoms with E-state index in [1.807, 2.05) is 0 Å². The summed E-state index contributed by atoms with van der Waals surface area (Å²) < 4.78 is 7.02. The summed E-state index contributed by atoms with van der Waals surface area (Å²) in [6, 6.07) is 5.38. The van der Waals surface area contributed by atoms with Crippen LogP contribution in [0.3, 0.4) is 0 Å². The molecule has 1 N–H and O–H groups in total. The number of allylic oxidation sites excluding steroid dienone is 1. The first-order valence-corrected chi connectivity index (χ1v) is 10.2. The number of carbonyl (C=O) groups excluding carboxylic acids is 1. The first-order chi connectivity index (χ1) is 14.5. The first-order valence-electron chi connectivity index (χ1n) is 10.2. The zero-order chi connectivity index (χ0) is 21.5.